The predicted molar refractivity (Wildman–Crippen MR) is 25.3 cm³/mol. The van der Waals surface area contributed by atoms with Gasteiger partial charge in [0.2, 0.25) is 0 Å². The summed E-state index contributed by atoms with van der Waals surface area (Å²) in [6.45, 7) is 1.69. The van der Waals surface area contributed by atoms with Crippen LogP contribution in [0.15, 0.2) is 0 Å². The molecule has 4 N–H and O–H groups in total. The summed E-state index contributed by atoms with van der Waals surface area (Å²) >= 11 is 0. The van der Waals surface area contributed by atoms with E-state index in [0.29, 0.717) is 0 Å². The van der Waals surface area contributed by atoms with Gasteiger partial charge in [-0.1, -0.05) is 0 Å². The zero-order valence-corrected chi connectivity index (χ0v) is 4.88. The number of carbonyl (C=O) groups excluding carboxylic acids is 1. The number of epoxide rings is 1. The van der Waals surface area contributed by atoms with Crippen LogP contribution in [-0.2, 0) is 9.53 Å². The molecule has 0 aromatic heterocycles. The molecule has 4 nitrogen and oxygen atoms in total. The lowest BCUT2D eigenvalue weighted by atomic mass is 10.4. The molecule has 1 aliphatic heterocycles. The smallest absolute Gasteiger partial charge is 0.123 e. The Kier molecular flexibility index (Phi) is 1.94. The van der Waals surface area contributed by atoms with Crippen molar-refractivity contribution in [2.75, 3.05) is 0 Å². The van der Waals surface area contributed by atoms with Gasteiger partial charge in [-0.05, 0) is 6.92 Å². The molecular formula is C4H9NO3. The van der Waals surface area contributed by atoms with E-state index in [1.54, 1.807) is 6.92 Å². The molecule has 0 amide bonds. The Morgan fingerprint density at radius 2 is 2.12 bits per heavy atom. The molecule has 1 fully saturated rings. The van der Waals surface area contributed by atoms with Gasteiger partial charge >= 0.3 is 0 Å². The Bertz CT molecular complexity index is 103. The van der Waals surface area contributed by atoms with Gasteiger partial charge in [0.1, 0.15) is 6.10 Å². The Labute approximate surface area is 47.0 Å². The third-order valence-corrected chi connectivity index (χ3v) is 0.943. The van der Waals surface area contributed by atoms with Crippen molar-refractivity contribution in [3.8, 4) is 0 Å². The van der Waals surface area contributed by atoms with Crippen molar-refractivity contribution in [3.05, 3.63) is 0 Å². The van der Waals surface area contributed by atoms with Crippen LogP contribution in [0, 0.1) is 0 Å². The molecule has 48 valence electrons. The molecule has 8 heavy (non-hydrogen) atoms. The highest BCUT2D eigenvalue weighted by Gasteiger charge is 2.35. The maximum absolute atomic E-state index is 9.74. The van der Waals surface area contributed by atoms with Crippen LogP contribution < -0.4 is 11.3 Å². The SMILES string of the molecule is C[C@H]1O[C@H]1C(=O)[O-].[NH4+]. The first-order valence-corrected chi connectivity index (χ1v) is 2.08. The van der Waals surface area contributed by atoms with Crippen LogP contribution in [0.25, 0.3) is 0 Å². The Morgan fingerprint density at radius 1 is 1.75 bits per heavy atom. The maximum atomic E-state index is 9.74. The van der Waals surface area contributed by atoms with E-state index in [1.807, 2.05) is 0 Å². The zero-order valence-electron chi connectivity index (χ0n) is 4.88. The van der Waals surface area contributed by atoms with E-state index < -0.39 is 12.1 Å². The quantitative estimate of drug-likeness (QED) is 0.444. The first kappa shape index (κ1) is 7.39. The lowest BCUT2D eigenvalue weighted by molar-refractivity contribution is -0.307. The number of carboxylic acid groups (broad SMARTS) is 1. The minimum Gasteiger partial charge on any atom is -0.547 e. The molecule has 0 bridgehead atoms. The van der Waals surface area contributed by atoms with Crippen LogP contribution in [0.3, 0.4) is 0 Å². The number of carbonyl (C=O) groups is 1. The summed E-state index contributed by atoms with van der Waals surface area (Å²) in [6.07, 6.45) is -0.745. The summed E-state index contributed by atoms with van der Waals surface area (Å²) < 4.78 is 4.52. The first-order chi connectivity index (χ1) is 3.22. The van der Waals surface area contributed by atoms with Gasteiger partial charge in [-0.3, -0.25) is 0 Å². The van der Waals surface area contributed by atoms with E-state index in [1.165, 1.54) is 0 Å². The molecule has 1 heterocycles. The third-order valence-electron chi connectivity index (χ3n) is 0.943. The number of hydrogen-bond donors (Lipinski definition) is 1. The number of ether oxygens (including phenoxy) is 1. The standard InChI is InChI=1S/C4H6O3.H3N/c1-2-3(7-2)4(5)6;/h2-3H,1H3,(H,5,6);1H3/t2-,3-;/m1./s1. The van der Waals surface area contributed by atoms with Crippen LogP contribution in [0.5, 0.6) is 0 Å². The molecule has 0 aromatic rings. The van der Waals surface area contributed by atoms with Gasteiger partial charge in [-0.25, -0.2) is 0 Å². The fraction of sp³-hybridized carbons (Fsp3) is 0.750. The second-order valence-corrected chi connectivity index (χ2v) is 1.58. The summed E-state index contributed by atoms with van der Waals surface area (Å²) in [5, 5.41) is 9.74. The normalized spacial score (nSPS) is 33.1. The number of aliphatic carboxylic acids is 1. The van der Waals surface area contributed by atoms with Crippen LogP contribution in [0.4, 0.5) is 0 Å². The number of quaternary nitrogens is 1. The van der Waals surface area contributed by atoms with E-state index in [9.17, 15) is 9.90 Å². The minimum atomic E-state index is -1.10. The van der Waals surface area contributed by atoms with Crippen molar-refractivity contribution < 1.29 is 14.6 Å². The zero-order chi connectivity index (χ0) is 5.44. The van der Waals surface area contributed by atoms with Crippen molar-refractivity contribution in [1.82, 2.24) is 6.15 Å². The lowest BCUT2D eigenvalue weighted by Crippen LogP contribution is -2.28. The maximum Gasteiger partial charge on any atom is 0.123 e. The highest BCUT2D eigenvalue weighted by molar-refractivity contribution is 5.73. The largest absolute Gasteiger partial charge is 0.547 e. The Morgan fingerprint density at radius 3 is 2.12 bits per heavy atom. The average Bonchev–Trinajstić information content (AvgIpc) is 2.17. The van der Waals surface area contributed by atoms with Crippen molar-refractivity contribution in [3.63, 3.8) is 0 Å². The van der Waals surface area contributed by atoms with Gasteiger partial charge in [0.05, 0.1) is 12.1 Å². The summed E-state index contributed by atoms with van der Waals surface area (Å²) in [7, 11) is 0. The average molecular weight is 119 g/mol. The van der Waals surface area contributed by atoms with Gasteiger partial charge in [0.25, 0.3) is 0 Å². The van der Waals surface area contributed by atoms with Crippen molar-refractivity contribution in [2.45, 2.75) is 19.1 Å². The van der Waals surface area contributed by atoms with Crippen LogP contribution >= 0.6 is 0 Å². The van der Waals surface area contributed by atoms with Crippen LogP contribution in [0.2, 0.25) is 0 Å². The fourth-order valence-electron chi connectivity index (χ4n) is 0.433. The number of rotatable bonds is 1. The fourth-order valence-corrected chi connectivity index (χ4v) is 0.433. The van der Waals surface area contributed by atoms with Gasteiger partial charge in [0, 0.05) is 0 Å². The molecular weight excluding hydrogens is 110 g/mol. The number of carboxylic acids is 1. The summed E-state index contributed by atoms with van der Waals surface area (Å²) in [6, 6.07) is 0. The van der Waals surface area contributed by atoms with Gasteiger partial charge in [-0.2, -0.15) is 0 Å². The van der Waals surface area contributed by atoms with E-state index in [0.717, 1.165) is 0 Å². The molecule has 1 saturated heterocycles. The molecule has 2 atom stereocenters. The topological polar surface area (TPSA) is 89.2 Å². The monoisotopic (exact) mass is 119 g/mol. The van der Waals surface area contributed by atoms with Gasteiger partial charge in [-0.15, -0.1) is 0 Å². The molecule has 0 saturated carbocycles. The van der Waals surface area contributed by atoms with E-state index >= 15 is 0 Å². The summed E-state index contributed by atoms with van der Waals surface area (Å²) in [4.78, 5) is 9.74. The summed E-state index contributed by atoms with van der Waals surface area (Å²) in [5.74, 6) is -1.10. The van der Waals surface area contributed by atoms with Crippen LogP contribution in [-0.4, -0.2) is 18.2 Å². The van der Waals surface area contributed by atoms with Gasteiger partial charge < -0.3 is 20.8 Å². The van der Waals surface area contributed by atoms with E-state index in [4.69, 9.17) is 0 Å². The first-order valence-electron chi connectivity index (χ1n) is 2.08. The van der Waals surface area contributed by atoms with Crippen molar-refractivity contribution >= 4 is 5.97 Å². The second-order valence-electron chi connectivity index (χ2n) is 1.58. The molecule has 0 aliphatic carbocycles. The van der Waals surface area contributed by atoms with E-state index in [-0.39, 0.29) is 12.3 Å². The minimum absolute atomic E-state index is 0. The summed E-state index contributed by atoms with van der Waals surface area (Å²) in [5.41, 5.74) is 0. The molecule has 1 rings (SSSR count). The molecule has 0 aromatic carbocycles. The third kappa shape index (κ3) is 1.18. The molecule has 0 spiro atoms. The lowest BCUT2D eigenvalue weighted by Gasteiger charge is -1.88. The highest BCUT2D eigenvalue weighted by Crippen LogP contribution is 2.19. The second kappa shape index (κ2) is 2.11. The Hall–Kier alpha value is -0.610. The van der Waals surface area contributed by atoms with E-state index in [2.05, 4.69) is 4.74 Å². The number of hydrogen-bond acceptors (Lipinski definition) is 3. The van der Waals surface area contributed by atoms with Crippen molar-refractivity contribution in [1.29, 1.82) is 0 Å². The highest BCUT2D eigenvalue weighted by atomic mass is 16.6. The molecule has 0 radical (unpaired) electrons. The molecule has 0 unspecified atom stereocenters. The van der Waals surface area contributed by atoms with Crippen LogP contribution in [0.1, 0.15) is 6.92 Å². The predicted octanol–water partition coefficient (Wildman–Crippen LogP) is -1.10. The van der Waals surface area contributed by atoms with Gasteiger partial charge in [0.15, 0.2) is 0 Å². The molecule has 1 aliphatic rings. The van der Waals surface area contributed by atoms with Crippen molar-refractivity contribution in [2.24, 2.45) is 0 Å². The Balaban J connectivity index is 0.000000490. The molecule has 4 heteroatoms.